The van der Waals surface area contributed by atoms with Crippen molar-refractivity contribution in [3.05, 3.63) is 113 Å². The molecule has 0 fully saturated rings. The number of alkyl carbamates (subject to hydrolysis) is 1. The van der Waals surface area contributed by atoms with E-state index in [2.05, 4.69) is 22.4 Å². The average Bonchev–Trinajstić information content (AvgIpc) is 2.98. The molecule has 1 aliphatic rings. The highest BCUT2D eigenvalue weighted by Crippen LogP contribution is 2.21. The molecule has 0 saturated carbocycles. The van der Waals surface area contributed by atoms with E-state index in [1.165, 1.54) is 5.56 Å². The van der Waals surface area contributed by atoms with Gasteiger partial charge in [0.2, 0.25) is 0 Å². The van der Waals surface area contributed by atoms with Crippen LogP contribution in [0.25, 0.3) is 10.8 Å². The number of amides is 2. The molecule has 8 nitrogen and oxygen atoms in total. The minimum absolute atomic E-state index is 0.267. The smallest absolute Gasteiger partial charge is 0.410 e. The molecule has 0 atom stereocenters. The quantitative estimate of drug-likeness (QED) is 0.311. The molecule has 0 radical (unpaired) electrons. The second-order valence-corrected chi connectivity index (χ2v) is 10.7. The Morgan fingerprint density at radius 3 is 2.54 bits per heavy atom. The van der Waals surface area contributed by atoms with Crippen LogP contribution >= 0.6 is 0 Å². The number of fused-ring (bicyclic) bond motifs is 2. The molecular weight excluding hydrogens is 516 g/mol. The van der Waals surface area contributed by atoms with Gasteiger partial charge in [-0.1, -0.05) is 54.6 Å². The van der Waals surface area contributed by atoms with Crippen LogP contribution in [0.4, 0.5) is 9.59 Å². The summed E-state index contributed by atoms with van der Waals surface area (Å²) in [4.78, 5) is 30.0. The van der Waals surface area contributed by atoms with Crippen molar-refractivity contribution >= 4 is 23.0 Å². The largest absolute Gasteiger partial charge is 0.445 e. The Balaban J connectivity index is 0.000000267. The normalized spacial score (nSPS) is 12.3. The second-order valence-electron chi connectivity index (χ2n) is 10.7. The molecule has 5 rings (SSSR count). The lowest BCUT2D eigenvalue weighted by Gasteiger charge is -2.28. The van der Waals surface area contributed by atoms with Crippen molar-refractivity contribution < 1.29 is 19.1 Å². The summed E-state index contributed by atoms with van der Waals surface area (Å²) in [6.45, 7) is 7.27. The van der Waals surface area contributed by atoms with Gasteiger partial charge in [0.15, 0.2) is 0 Å². The number of hydrogen-bond acceptors (Lipinski definition) is 6. The van der Waals surface area contributed by atoms with Crippen LogP contribution in [-0.4, -0.2) is 34.2 Å². The fraction of sp³-hybridized carbons (Fsp3) is 0.273. The van der Waals surface area contributed by atoms with Crippen molar-refractivity contribution in [1.82, 2.24) is 15.2 Å². The highest BCUT2D eigenvalue weighted by Gasteiger charge is 2.22. The van der Waals surface area contributed by atoms with E-state index in [4.69, 9.17) is 14.7 Å². The van der Waals surface area contributed by atoms with Gasteiger partial charge in [-0.2, -0.15) is 5.26 Å². The van der Waals surface area contributed by atoms with Gasteiger partial charge in [0.1, 0.15) is 12.2 Å². The van der Waals surface area contributed by atoms with Gasteiger partial charge in [0.25, 0.3) is 0 Å². The average molecular weight is 551 g/mol. The van der Waals surface area contributed by atoms with Crippen molar-refractivity contribution in [2.75, 3.05) is 6.54 Å². The lowest BCUT2D eigenvalue weighted by Crippen LogP contribution is -2.36. The third-order valence-corrected chi connectivity index (χ3v) is 6.35. The number of hydrogen-bond donors (Lipinski definition) is 1. The molecule has 0 spiro atoms. The molecule has 1 aliphatic heterocycles. The van der Waals surface area contributed by atoms with Crippen molar-refractivity contribution in [1.29, 1.82) is 5.26 Å². The number of pyridine rings is 1. The SMILES string of the molecule is CC(C)(C)OC(=O)NCc1ccc2c(c1)CN(C(=O)OCc1ccccc1)CC2.N#Cc1ccc2ccncc2c1. The predicted octanol–water partition coefficient (Wildman–Crippen LogP) is 6.51. The van der Waals surface area contributed by atoms with Gasteiger partial charge in [0.05, 0.1) is 11.6 Å². The summed E-state index contributed by atoms with van der Waals surface area (Å²) in [7, 11) is 0. The number of aromatic nitrogens is 1. The third kappa shape index (κ3) is 8.80. The van der Waals surface area contributed by atoms with E-state index >= 15 is 0 Å². The fourth-order valence-electron chi connectivity index (χ4n) is 4.33. The summed E-state index contributed by atoms with van der Waals surface area (Å²) in [5.41, 5.74) is 4.38. The van der Waals surface area contributed by atoms with Crippen LogP contribution in [0, 0.1) is 11.3 Å². The van der Waals surface area contributed by atoms with E-state index in [-0.39, 0.29) is 12.7 Å². The number of rotatable bonds is 4. The van der Waals surface area contributed by atoms with E-state index in [1.54, 1.807) is 17.3 Å². The first-order valence-corrected chi connectivity index (χ1v) is 13.5. The van der Waals surface area contributed by atoms with E-state index in [1.807, 2.05) is 87.5 Å². The van der Waals surface area contributed by atoms with Crippen LogP contribution in [-0.2, 0) is 35.6 Å². The van der Waals surface area contributed by atoms with Crippen LogP contribution in [0.15, 0.2) is 85.2 Å². The number of carbonyl (C=O) groups excluding carboxylic acids is 2. The maximum atomic E-state index is 12.4. The van der Waals surface area contributed by atoms with Gasteiger partial charge >= 0.3 is 12.2 Å². The summed E-state index contributed by atoms with van der Waals surface area (Å²) in [6.07, 6.45) is 3.54. The Bertz CT molecular complexity index is 1540. The van der Waals surface area contributed by atoms with Gasteiger partial charge in [-0.25, -0.2) is 9.59 Å². The molecule has 2 heterocycles. The molecule has 210 valence electrons. The zero-order valence-electron chi connectivity index (χ0n) is 23.6. The summed E-state index contributed by atoms with van der Waals surface area (Å²) >= 11 is 0. The number of nitrogens with zero attached hydrogens (tertiary/aromatic N) is 3. The van der Waals surface area contributed by atoms with Gasteiger partial charge in [-0.3, -0.25) is 4.98 Å². The first kappa shape index (κ1) is 29.1. The molecule has 8 heteroatoms. The van der Waals surface area contributed by atoms with Crippen molar-refractivity contribution in [3.8, 4) is 6.07 Å². The summed E-state index contributed by atoms with van der Waals surface area (Å²) in [5, 5.41) is 13.5. The molecule has 0 unspecified atom stereocenters. The van der Waals surface area contributed by atoms with Crippen LogP contribution in [0.2, 0.25) is 0 Å². The predicted molar refractivity (Wildman–Crippen MR) is 157 cm³/mol. The van der Waals surface area contributed by atoms with Crippen LogP contribution < -0.4 is 5.32 Å². The van der Waals surface area contributed by atoms with Gasteiger partial charge in [0, 0.05) is 37.4 Å². The second kappa shape index (κ2) is 13.4. The molecular formula is C33H34N4O4. The standard InChI is InChI=1S/C23H28N2O4.C10H6N2/c1-23(2,3)29-21(26)24-14-18-9-10-19-11-12-25(15-20(19)13-18)22(27)28-16-17-7-5-4-6-8-17;11-6-8-1-2-9-3-4-12-7-10(9)5-8/h4-10,13H,11-12,14-16H2,1-3H3,(H,24,26);1-5,7H. The van der Waals surface area contributed by atoms with Crippen LogP contribution in [0.1, 0.15) is 48.6 Å². The third-order valence-electron chi connectivity index (χ3n) is 6.35. The lowest BCUT2D eigenvalue weighted by molar-refractivity contribution is 0.0523. The molecule has 3 aromatic carbocycles. The van der Waals surface area contributed by atoms with Crippen molar-refractivity contribution in [2.24, 2.45) is 0 Å². The molecule has 0 bridgehead atoms. The van der Waals surface area contributed by atoms with E-state index in [9.17, 15) is 9.59 Å². The Morgan fingerprint density at radius 2 is 1.78 bits per heavy atom. The molecule has 0 saturated heterocycles. The topological polar surface area (TPSA) is 105 Å². The van der Waals surface area contributed by atoms with E-state index < -0.39 is 11.7 Å². The van der Waals surface area contributed by atoms with Crippen LogP contribution in [0.5, 0.6) is 0 Å². The lowest BCUT2D eigenvalue weighted by atomic mass is 9.97. The fourth-order valence-corrected chi connectivity index (χ4v) is 4.33. The first-order valence-electron chi connectivity index (χ1n) is 13.5. The number of nitrogens with one attached hydrogen (secondary N) is 1. The molecule has 0 aliphatic carbocycles. The number of carbonyl (C=O) groups is 2. The Hall–Kier alpha value is -4.90. The molecule has 1 N–H and O–H groups in total. The van der Waals surface area contributed by atoms with Crippen molar-refractivity contribution in [2.45, 2.75) is 52.5 Å². The summed E-state index contributed by atoms with van der Waals surface area (Å²) in [6, 6.07) is 25.3. The monoisotopic (exact) mass is 550 g/mol. The first-order chi connectivity index (χ1) is 19.7. The summed E-state index contributed by atoms with van der Waals surface area (Å²) in [5.74, 6) is 0. The molecule has 2 amide bonds. The zero-order valence-corrected chi connectivity index (χ0v) is 23.6. The number of nitriles is 1. The molecule has 1 aromatic heterocycles. The Kier molecular flexibility index (Phi) is 9.54. The maximum Gasteiger partial charge on any atom is 0.410 e. The maximum absolute atomic E-state index is 12.4. The number of ether oxygens (including phenoxy) is 2. The van der Waals surface area contributed by atoms with Gasteiger partial charge < -0.3 is 19.7 Å². The zero-order chi connectivity index (χ0) is 29.2. The number of benzene rings is 3. The minimum atomic E-state index is -0.527. The Morgan fingerprint density at radius 1 is 0.976 bits per heavy atom. The van der Waals surface area contributed by atoms with Crippen molar-refractivity contribution in [3.63, 3.8) is 0 Å². The highest BCUT2D eigenvalue weighted by atomic mass is 16.6. The van der Waals surface area contributed by atoms with Crippen LogP contribution in [0.3, 0.4) is 0 Å². The van der Waals surface area contributed by atoms with E-state index in [0.29, 0.717) is 25.2 Å². The van der Waals surface area contributed by atoms with E-state index in [0.717, 1.165) is 33.9 Å². The highest BCUT2D eigenvalue weighted by molar-refractivity contribution is 5.82. The van der Waals surface area contributed by atoms with Gasteiger partial charge in [-0.05, 0) is 73.0 Å². The summed E-state index contributed by atoms with van der Waals surface area (Å²) < 4.78 is 10.7. The minimum Gasteiger partial charge on any atom is -0.445 e. The molecule has 41 heavy (non-hydrogen) atoms. The van der Waals surface area contributed by atoms with Gasteiger partial charge in [-0.15, -0.1) is 0 Å². The molecule has 4 aromatic rings. The Labute approximate surface area is 240 Å².